The van der Waals surface area contributed by atoms with E-state index in [1.807, 2.05) is 6.07 Å². The number of nitrogens with zero attached hydrogens (tertiary/aromatic N) is 2. The molecule has 5 N–H and O–H groups in total. The van der Waals surface area contributed by atoms with Gasteiger partial charge in [0.05, 0.1) is 6.61 Å². The number of nitrogen functional groups attached to an aromatic ring is 1. The molecular weight excluding hydrogens is 254 g/mol. The quantitative estimate of drug-likeness (QED) is 0.466. The molecular formula is C14H23N5O. The van der Waals surface area contributed by atoms with E-state index in [0.29, 0.717) is 11.7 Å². The average molecular weight is 277 g/mol. The Morgan fingerprint density at radius 1 is 1.25 bits per heavy atom. The molecule has 0 aromatic carbocycles. The van der Waals surface area contributed by atoms with Crippen molar-refractivity contribution in [1.29, 1.82) is 0 Å². The van der Waals surface area contributed by atoms with Crippen LogP contribution in [0.5, 0.6) is 0 Å². The van der Waals surface area contributed by atoms with Crippen molar-refractivity contribution in [2.45, 2.75) is 44.4 Å². The molecule has 3 rings (SSSR count). The van der Waals surface area contributed by atoms with Crippen molar-refractivity contribution >= 4 is 11.6 Å². The van der Waals surface area contributed by atoms with E-state index in [1.165, 1.54) is 12.8 Å². The van der Waals surface area contributed by atoms with Gasteiger partial charge in [0.2, 0.25) is 0 Å². The van der Waals surface area contributed by atoms with Crippen LogP contribution in [0, 0.1) is 5.41 Å². The standard InChI is InChI=1S/C14H23N5O/c15-19-12-7-11(17-13(18-12)10-3-4-10)16-8-14(9-20)5-1-2-6-14/h7,10,20H,1-6,8-9,15H2,(H2,16,17,18,19). The number of nitrogens with one attached hydrogen (secondary N) is 2. The van der Waals surface area contributed by atoms with Crippen molar-refractivity contribution in [1.82, 2.24) is 9.97 Å². The lowest BCUT2D eigenvalue weighted by Crippen LogP contribution is -2.31. The van der Waals surface area contributed by atoms with Crippen LogP contribution < -0.4 is 16.6 Å². The van der Waals surface area contributed by atoms with Gasteiger partial charge in [-0.2, -0.15) is 0 Å². The summed E-state index contributed by atoms with van der Waals surface area (Å²) in [6.07, 6.45) is 6.89. The molecule has 6 nitrogen and oxygen atoms in total. The van der Waals surface area contributed by atoms with Gasteiger partial charge in [-0.3, -0.25) is 0 Å². The minimum Gasteiger partial charge on any atom is -0.396 e. The van der Waals surface area contributed by atoms with Crippen LogP contribution in [0.1, 0.15) is 50.3 Å². The highest BCUT2D eigenvalue weighted by Gasteiger charge is 2.33. The van der Waals surface area contributed by atoms with E-state index in [4.69, 9.17) is 5.84 Å². The van der Waals surface area contributed by atoms with Crippen molar-refractivity contribution in [3.8, 4) is 0 Å². The van der Waals surface area contributed by atoms with Gasteiger partial charge < -0.3 is 15.8 Å². The van der Waals surface area contributed by atoms with Gasteiger partial charge in [-0.25, -0.2) is 15.8 Å². The monoisotopic (exact) mass is 277 g/mol. The zero-order valence-corrected chi connectivity index (χ0v) is 11.7. The van der Waals surface area contributed by atoms with E-state index in [-0.39, 0.29) is 12.0 Å². The molecule has 110 valence electrons. The Hall–Kier alpha value is -1.40. The molecule has 2 aliphatic rings. The van der Waals surface area contributed by atoms with E-state index in [1.54, 1.807) is 0 Å². The zero-order valence-electron chi connectivity index (χ0n) is 11.7. The number of hydrogen-bond acceptors (Lipinski definition) is 6. The first kappa shape index (κ1) is 13.6. The minimum absolute atomic E-state index is 0.0149. The molecule has 0 bridgehead atoms. The summed E-state index contributed by atoms with van der Waals surface area (Å²) < 4.78 is 0. The van der Waals surface area contributed by atoms with Crippen molar-refractivity contribution in [3.63, 3.8) is 0 Å². The molecule has 1 aromatic heterocycles. The zero-order chi connectivity index (χ0) is 14.0. The summed E-state index contributed by atoms with van der Waals surface area (Å²) in [5.74, 6) is 8.27. The van der Waals surface area contributed by atoms with Gasteiger partial charge in [-0.1, -0.05) is 12.8 Å². The Morgan fingerprint density at radius 3 is 2.55 bits per heavy atom. The number of aliphatic hydroxyl groups is 1. The van der Waals surface area contributed by atoms with E-state index in [0.717, 1.165) is 43.9 Å². The predicted octanol–water partition coefficient (Wildman–Crippen LogP) is 1.60. The normalized spacial score (nSPS) is 20.9. The summed E-state index contributed by atoms with van der Waals surface area (Å²) in [5, 5.41) is 13.0. The first-order chi connectivity index (χ1) is 9.74. The topological polar surface area (TPSA) is 96.1 Å². The fourth-order valence-electron chi connectivity index (χ4n) is 2.95. The number of hydrogen-bond donors (Lipinski definition) is 4. The van der Waals surface area contributed by atoms with Crippen LogP contribution in [0.2, 0.25) is 0 Å². The summed E-state index contributed by atoms with van der Waals surface area (Å²) in [6.45, 7) is 0.997. The third-order valence-electron chi connectivity index (χ3n) is 4.48. The molecule has 0 radical (unpaired) electrons. The summed E-state index contributed by atoms with van der Waals surface area (Å²) in [7, 11) is 0. The van der Waals surface area contributed by atoms with Crippen molar-refractivity contribution in [2.24, 2.45) is 11.3 Å². The average Bonchev–Trinajstić information content (AvgIpc) is 3.24. The Morgan fingerprint density at radius 2 is 1.95 bits per heavy atom. The second-order valence-corrected chi connectivity index (χ2v) is 6.13. The molecule has 1 aromatic rings. The summed E-state index contributed by atoms with van der Waals surface area (Å²) in [5.41, 5.74) is 2.62. The Balaban J connectivity index is 1.71. The lowest BCUT2D eigenvalue weighted by atomic mass is 9.87. The fourth-order valence-corrected chi connectivity index (χ4v) is 2.95. The highest BCUT2D eigenvalue weighted by molar-refractivity contribution is 5.47. The second kappa shape index (κ2) is 5.54. The fraction of sp³-hybridized carbons (Fsp3) is 0.714. The van der Waals surface area contributed by atoms with Crippen LogP contribution in [0.4, 0.5) is 11.6 Å². The summed E-state index contributed by atoms with van der Waals surface area (Å²) in [4.78, 5) is 8.96. The van der Waals surface area contributed by atoms with Crippen LogP contribution in [0.3, 0.4) is 0 Å². The molecule has 0 unspecified atom stereocenters. The highest BCUT2D eigenvalue weighted by atomic mass is 16.3. The number of aliphatic hydroxyl groups excluding tert-OH is 1. The smallest absolute Gasteiger partial charge is 0.145 e. The van der Waals surface area contributed by atoms with Crippen molar-refractivity contribution in [3.05, 3.63) is 11.9 Å². The second-order valence-electron chi connectivity index (χ2n) is 6.13. The van der Waals surface area contributed by atoms with Crippen molar-refractivity contribution < 1.29 is 5.11 Å². The molecule has 1 heterocycles. The van der Waals surface area contributed by atoms with Crippen LogP contribution in [-0.4, -0.2) is 28.2 Å². The van der Waals surface area contributed by atoms with Gasteiger partial charge in [0, 0.05) is 23.9 Å². The van der Waals surface area contributed by atoms with Gasteiger partial charge in [0.25, 0.3) is 0 Å². The summed E-state index contributed by atoms with van der Waals surface area (Å²) in [6, 6.07) is 1.83. The molecule has 0 saturated heterocycles. The van der Waals surface area contributed by atoms with Crippen LogP contribution in [-0.2, 0) is 0 Å². The van der Waals surface area contributed by atoms with Crippen LogP contribution in [0.25, 0.3) is 0 Å². The lowest BCUT2D eigenvalue weighted by molar-refractivity contribution is 0.142. The van der Waals surface area contributed by atoms with Gasteiger partial charge in [-0.05, 0) is 25.7 Å². The Kier molecular flexibility index (Phi) is 3.76. The molecule has 2 fully saturated rings. The Labute approximate surface area is 119 Å². The molecule has 2 saturated carbocycles. The molecule has 6 heteroatoms. The molecule has 0 aliphatic heterocycles. The van der Waals surface area contributed by atoms with E-state index in [9.17, 15) is 5.11 Å². The van der Waals surface area contributed by atoms with Crippen molar-refractivity contribution in [2.75, 3.05) is 23.9 Å². The summed E-state index contributed by atoms with van der Waals surface area (Å²) >= 11 is 0. The SMILES string of the molecule is NNc1cc(NCC2(CO)CCCC2)nc(C2CC2)n1. The minimum atomic E-state index is 0.0149. The third-order valence-corrected chi connectivity index (χ3v) is 4.48. The maximum Gasteiger partial charge on any atom is 0.145 e. The number of aromatic nitrogens is 2. The van der Waals surface area contributed by atoms with Crippen LogP contribution in [0.15, 0.2) is 6.07 Å². The lowest BCUT2D eigenvalue weighted by Gasteiger charge is -2.27. The number of nitrogens with two attached hydrogens (primary N) is 1. The van der Waals surface area contributed by atoms with Crippen LogP contribution >= 0.6 is 0 Å². The van der Waals surface area contributed by atoms with Gasteiger partial charge >= 0.3 is 0 Å². The van der Waals surface area contributed by atoms with Gasteiger partial charge in [0.1, 0.15) is 17.5 Å². The van der Waals surface area contributed by atoms with Gasteiger partial charge in [0.15, 0.2) is 0 Å². The first-order valence-electron chi connectivity index (χ1n) is 7.45. The van der Waals surface area contributed by atoms with E-state index >= 15 is 0 Å². The highest BCUT2D eigenvalue weighted by Crippen LogP contribution is 2.40. The Bertz CT molecular complexity index is 469. The largest absolute Gasteiger partial charge is 0.396 e. The first-order valence-corrected chi connectivity index (χ1v) is 7.45. The molecule has 2 aliphatic carbocycles. The predicted molar refractivity (Wildman–Crippen MR) is 78.3 cm³/mol. The van der Waals surface area contributed by atoms with E-state index in [2.05, 4.69) is 20.7 Å². The molecule has 0 atom stereocenters. The number of hydrazine groups is 1. The number of rotatable bonds is 6. The molecule has 0 amide bonds. The number of anilines is 2. The van der Waals surface area contributed by atoms with E-state index < -0.39 is 0 Å². The molecule has 20 heavy (non-hydrogen) atoms. The maximum absolute atomic E-state index is 9.64. The third kappa shape index (κ3) is 2.86. The maximum atomic E-state index is 9.64. The van der Waals surface area contributed by atoms with Gasteiger partial charge in [-0.15, -0.1) is 0 Å². The molecule has 0 spiro atoms.